The Balaban J connectivity index is 1.53. The van der Waals surface area contributed by atoms with Crippen molar-refractivity contribution in [2.75, 3.05) is 52.5 Å². The highest BCUT2D eigenvalue weighted by atomic mass is 16.5. The van der Waals surface area contributed by atoms with Crippen LogP contribution in [0, 0.1) is 5.92 Å². The van der Waals surface area contributed by atoms with Crippen molar-refractivity contribution in [1.82, 2.24) is 20.4 Å². The van der Waals surface area contributed by atoms with Gasteiger partial charge in [0.15, 0.2) is 0 Å². The van der Waals surface area contributed by atoms with Crippen LogP contribution in [0.4, 0.5) is 0 Å². The van der Waals surface area contributed by atoms with Crippen LogP contribution in [0.1, 0.15) is 31.2 Å². The minimum Gasteiger partial charge on any atom is -0.379 e. The predicted molar refractivity (Wildman–Crippen MR) is 117 cm³/mol. The maximum absolute atomic E-state index is 12.8. The van der Waals surface area contributed by atoms with Crippen LogP contribution in [0.15, 0.2) is 30.3 Å². The van der Waals surface area contributed by atoms with Crippen molar-refractivity contribution in [3.8, 4) is 0 Å². The van der Waals surface area contributed by atoms with Crippen LogP contribution in [-0.2, 0) is 25.7 Å². The van der Waals surface area contributed by atoms with Crippen molar-refractivity contribution in [2.24, 2.45) is 5.92 Å². The van der Waals surface area contributed by atoms with E-state index >= 15 is 0 Å². The number of hydrogen-bond acceptors (Lipinski definition) is 5. The van der Waals surface area contributed by atoms with Crippen LogP contribution in [0.5, 0.6) is 0 Å². The number of benzene rings is 1. The Kier molecular flexibility index (Phi) is 9.30. The van der Waals surface area contributed by atoms with E-state index in [1.807, 2.05) is 30.3 Å². The first kappa shape index (κ1) is 23.2. The number of rotatable bonds is 5. The van der Waals surface area contributed by atoms with Crippen molar-refractivity contribution in [1.29, 1.82) is 0 Å². The standard InChI is InChI=1S/C23H34N4O4/c28-21-9-12-27(22(29)18-26-13-15-31-16-14-26)11-4-7-20(8-10-24-21)23(30)25-17-19-5-2-1-3-6-19/h1-3,5-6,20H,4,7-18H2,(H,24,28)(H,25,30). The molecule has 1 aromatic rings. The highest BCUT2D eigenvalue weighted by Gasteiger charge is 2.23. The minimum absolute atomic E-state index is 0.00328. The molecule has 8 nitrogen and oxygen atoms in total. The van der Waals surface area contributed by atoms with Crippen molar-refractivity contribution in [3.63, 3.8) is 0 Å². The van der Waals surface area contributed by atoms with Crippen molar-refractivity contribution in [2.45, 2.75) is 32.2 Å². The molecule has 170 valence electrons. The van der Waals surface area contributed by atoms with E-state index < -0.39 is 0 Å². The van der Waals surface area contributed by atoms with E-state index in [0.29, 0.717) is 65.2 Å². The van der Waals surface area contributed by atoms with E-state index in [1.165, 1.54) is 0 Å². The monoisotopic (exact) mass is 430 g/mol. The fraction of sp³-hybridized carbons (Fsp3) is 0.609. The lowest BCUT2D eigenvalue weighted by molar-refractivity contribution is -0.134. The smallest absolute Gasteiger partial charge is 0.236 e. The third-order valence-corrected chi connectivity index (χ3v) is 5.90. The lowest BCUT2D eigenvalue weighted by atomic mass is 9.98. The Hall–Kier alpha value is -2.45. The summed E-state index contributed by atoms with van der Waals surface area (Å²) in [6, 6.07) is 9.81. The van der Waals surface area contributed by atoms with Crippen LogP contribution in [0.25, 0.3) is 0 Å². The summed E-state index contributed by atoms with van der Waals surface area (Å²) >= 11 is 0. The molecule has 0 radical (unpaired) electrons. The molecule has 0 bridgehead atoms. The molecule has 0 aromatic heterocycles. The molecule has 1 atom stereocenters. The number of ether oxygens (including phenoxy) is 1. The molecule has 2 aliphatic heterocycles. The Bertz CT molecular complexity index is 722. The second-order valence-electron chi connectivity index (χ2n) is 8.20. The van der Waals surface area contributed by atoms with Crippen molar-refractivity contribution >= 4 is 17.7 Å². The summed E-state index contributed by atoms with van der Waals surface area (Å²) in [6.45, 7) is 5.11. The van der Waals surface area contributed by atoms with Gasteiger partial charge in [-0.3, -0.25) is 19.3 Å². The molecule has 3 rings (SSSR count). The van der Waals surface area contributed by atoms with Crippen LogP contribution in [-0.4, -0.2) is 80.0 Å². The van der Waals surface area contributed by atoms with Gasteiger partial charge in [-0.1, -0.05) is 30.3 Å². The van der Waals surface area contributed by atoms with E-state index in [4.69, 9.17) is 4.74 Å². The molecule has 2 heterocycles. The largest absolute Gasteiger partial charge is 0.379 e. The van der Waals surface area contributed by atoms with Crippen LogP contribution in [0.3, 0.4) is 0 Å². The molecule has 31 heavy (non-hydrogen) atoms. The topological polar surface area (TPSA) is 91.0 Å². The third kappa shape index (κ3) is 7.95. The molecule has 0 spiro atoms. The number of hydrogen-bond donors (Lipinski definition) is 2. The fourth-order valence-electron chi connectivity index (χ4n) is 3.99. The first-order valence-corrected chi connectivity index (χ1v) is 11.3. The Morgan fingerprint density at radius 2 is 1.84 bits per heavy atom. The zero-order chi connectivity index (χ0) is 21.9. The molecular weight excluding hydrogens is 396 g/mol. The van der Waals surface area contributed by atoms with E-state index in [9.17, 15) is 14.4 Å². The summed E-state index contributed by atoms with van der Waals surface area (Å²) in [5.41, 5.74) is 1.06. The lowest BCUT2D eigenvalue weighted by Gasteiger charge is -2.29. The molecule has 3 amide bonds. The predicted octanol–water partition coefficient (Wildman–Crippen LogP) is 0.770. The van der Waals surface area contributed by atoms with Gasteiger partial charge in [-0.2, -0.15) is 0 Å². The zero-order valence-corrected chi connectivity index (χ0v) is 18.2. The summed E-state index contributed by atoms with van der Waals surface area (Å²) in [5.74, 6) is -0.213. The van der Waals surface area contributed by atoms with Crippen molar-refractivity contribution in [3.05, 3.63) is 35.9 Å². The van der Waals surface area contributed by atoms with Gasteiger partial charge < -0.3 is 20.3 Å². The van der Waals surface area contributed by atoms with Gasteiger partial charge in [0.1, 0.15) is 0 Å². The molecule has 2 aliphatic rings. The summed E-state index contributed by atoms with van der Waals surface area (Å²) < 4.78 is 5.35. The third-order valence-electron chi connectivity index (χ3n) is 5.90. The van der Waals surface area contributed by atoms with Gasteiger partial charge in [-0.05, 0) is 24.8 Å². The summed E-state index contributed by atoms with van der Waals surface area (Å²) in [7, 11) is 0. The van der Waals surface area contributed by atoms with Gasteiger partial charge in [-0.25, -0.2) is 0 Å². The van der Waals surface area contributed by atoms with Gasteiger partial charge in [-0.15, -0.1) is 0 Å². The molecule has 2 fully saturated rings. The maximum Gasteiger partial charge on any atom is 0.236 e. The van der Waals surface area contributed by atoms with E-state index in [1.54, 1.807) is 4.90 Å². The summed E-state index contributed by atoms with van der Waals surface area (Å²) in [4.78, 5) is 41.6. The SMILES string of the molecule is O=C1CCN(C(=O)CN2CCOCC2)CCCC(C(=O)NCc2ccccc2)CCN1. The average molecular weight is 431 g/mol. The minimum atomic E-state index is -0.182. The molecule has 1 unspecified atom stereocenters. The Morgan fingerprint density at radius 3 is 2.61 bits per heavy atom. The number of morpholine rings is 1. The van der Waals surface area contributed by atoms with Gasteiger partial charge in [0.25, 0.3) is 0 Å². The quantitative estimate of drug-likeness (QED) is 0.720. The first-order chi connectivity index (χ1) is 15.1. The maximum atomic E-state index is 12.8. The summed E-state index contributed by atoms with van der Waals surface area (Å²) in [6.07, 6.45) is 2.33. The van der Waals surface area contributed by atoms with Crippen LogP contribution < -0.4 is 10.6 Å². The zero-order valence-electron chi connectivity index (χ0n) is 18.2. The number of carbonyl (C=O) groups excluding carboxylic acids is 3. The van der Waals surface area contributed by atoms with Gasteiger partial charge in [0, 0.05) is 51.6 Å². The van der Waals surface area contributed by atoms with Crippen LogP contribution >= 0.6 is 0 Å². The molecule has 8 heteroatoms. The Labute approximate surface area is 184 Å². The number of nitrogens with one attached hydrogen (secondary N) is 2. The molecular formula is C23H34N4O4. The van der Waals surface area contributed by atoms with Gasteiger partial charge in [0.2, 0.25) is 17.7 Å². The average Bonchev–Trinajstić information content (AvgIpc) is 2.83. The molecule has 0 aliphatic carbocycles. The second kappa shape index (κ2) is 12.4. The number of amides is 3. The van der Waals surface area contributed by atoms with E-state index in [-0.39, 0.29) is 23.6 Å². The number of carbonyl (C=O) groups is 3. The second-order valence-corrected chi connectivity index (χ2v) is 8.20. The molecule has 2 N–H and O–H groups in total. The molecule has 2 saturated heterocycles. The van der Waals surface area contributed by atoms with E-state index in [2.05, 4.69) is 15.5 Å². The van der Waals surface area contributed by atoms with Gasteiger partial charge >= 0.3 is 0 Å². The molecule has 1 aromatic carbocycles. The van der Waals surface area contributed by atoms with Gasteiger partial charge in [0.05, 0.1) is 19.8 Å². The number of nitrogens with zero attached hydrogens (tertiary/aromatic N) is 2. The fourth-order valence-corrected chi connectivity index (χ4v) is 3.99. The highest BCUT2D eigenvalue weighted by Crippen LogP contribution is 2.14. The van der Waals surface area contributed by atoms with E-state index in [0.717, 1.165) is 25.1 Å². The molecule has 0 saturated carbocycles. The highest BCUT2D eigenvalue weighted by molar-refractivity contribution is 5.81. The normalized spacial score (nSPS) is 21.6. The Morgan fingerprint density at radius 1 is 1.06 bits per heavy atom. The lowest BCUT2D eigenvalue weighted by Crippen LogP contribution is -2.45. The van der Waals surface area contributed by atoms with Crippen molar-refractivity contribution < 1.29 is 19.1 Å². The first-order valence-electron chi connectivity index (χ1n) is 11.3. The van der Waals surface area contributed by atoms with Crippen LogP contribution in [0.2, 0.25) is 0 Å². The summed E-state index contributed by atoms with van der Waals surface area (Å²) in [5, 5.41) is 5.91.